The molecule has 1 fully saturated rings. The fourth-order valence-electron chi connectivity index (χ4n) is 3.22. The van der Waals surface area contributed by atoms with Gasteiger partial charge < -0.3 is 10.1 Å². The van der Waals surface area contributed by atoms with E-state index in [9.17, 15) is 4.79 Å². The molecule has 1 aromatic heterocycles. The van der Waals surface area contributed by atoms with Crippen LogP contribution >= 0.6 is 0 Å². The number of carbonyl (C=O) groups excluding carboxylic acids is 1. The monoisotopic (exact) mass is 356 g/mol. The zero-order chi connectivity index (χ0) is 18.7. The lowest BCUT2D eigenvalue weighted by molar-refractivity contribution is 0.0938. The number of nitrogens with zero attached hydrogens (tertiary/aromatic N) is 3. The maximum Gasteiger partial charge on any atom is 0.271 e. The molecule has 3 rings (SSSR count). The standard InChI is InChI=1S/C20H28N4O2/c1-14(2)23(16-6-7-16)12-10-21-20(25)17-9-11-24(22-17)18-13-15(3)5-8-19(18)26-4/h5,8-9,11,13-14,16H,6-7,10,12H2,1-4H3,(H,21,25). The second-order valence-corrected chi connectivity index (χ2v) is 7.14. The van der Waals surface area contributed by atoms with Crippen LogP contribution in [-0.2, 0) is 0 Å². The van der Waals surface area contributed by atoms with Gasteiger partial charge in [-0.05, 0) is 57.4 Å². The van der Waals surface area contributed by atoms with Crippen molar-refractivity contribution in [2.24, 2.45) is 0 Å². The van der Waals surface area contributed by atoms with E-state index in [2.05, 4.69) is 29.2 Å². The molecule has 1 aliphatic rings. The summed E-state index contributed by atoms with van der Waals surface area (Å²) < 4.78 is 7.09. The van der Waals surface area contributed by atoms with Crippen LogP contribution in [0.15, 0.2) is 30.5 Å². The van der Waals surface area contributed by atoms with Gasteiger partial charge in [-0.15, -0.1) is 0 Å². The number of hydrogen-bond acceptors (Lipinski definition) is 4. The smallest absolute Gasteiger partial charge is 0.271 e. The summed E-state index contributed by atoms with van der Waals surface area (Å²) >= 11 is 0. The van der Waals surface area contributed by atoms with Crippen LogP contribution in [0.25, 0.3) is 5.69 Å². The van der Waals surface area contributed by atoms with Gasteiger partial charge in [-0.2, -0.15) is 5.10 Å². The zero-order valence-corrected chi connectivity index (χ0v) is 16.0. The molecule has 0 atom stereocenters. The van der Waals surface area contributed by atoms with Crippen molar-refractivity contribution in [3.63, 3.8) is 0 Å². The van der Waals surface area contributed by atoms with Gasteiger partial charge in [0, 0.05) is 31.4 Å². The van der Waals surface area contributed by atoms with E-state index in [0.29, 0.717) is 24.3 Å². The maximum atomic E-state index is 12.4. The van der Waals surface area contributed by atoms with Gasteiger partial charge in [-0.3, -0.25) is 9.69 Å². The minimum absolute atomic E-state index is 0.144. The molecule has 1 saturated carbocycles. The first-order valence-corrected chi connectivity index (χ1v) is 9.24. The SMILES string of the molecule is COc1ccc(C)cc1-n1ccc(C(=O)NCCN(C(C)C)C2CC2)n1. The van der Waals surface area contributed by atoms with Crippen molar-refractivity contribution >= 4 is 5.91 Å². The first-order valence-electron chi connectivity index (χ1n) is 9.24. The van der Waals surface area contributed by atoms with E-state index in [1.165, 1.54) is 12.8 Å². The van der Waals surface area contributed by atoms with Gasteiger partial charge in [-0.25, -0.2) is 4.68 Å². The highest BCUT2D eigenvalue weighted by atomic mass is 16.5. The molecule has 0 aliphatic heterocycles. The molecular weight excluding hydrogens is 328 g/mol. The van der Waals surface area contributed by atoms with Crippen LogP contribution in [0.1, 0.15) is 42.7 Å². The Morgan fingerprint density at radius 3 is 2.81 bits per heavy atom. The summed E-state index contributed by atoms with van der Waals surface area (Å²) in [5, 5.41) is 7.41. The highest BCUT2D eigenvalue weighted by Crippen LogP contribution is 2.28. The minimum atomic E-state index is -0.144. The normalized spacial score (nSPS) is 14.1. The molecule has 6 heteroatoms. The van der Waals surface area contributed by atoms with Crippen molar-refractivity contribution in [1.29, 1.82) is 0 Å². The summed E-state index contributed by atoms with van der Waals surface area (Å²) in [5.41, 5.74) is 2.35. The lowest BCUT2D eigenvalue weighted by Crippen LogP contribution is -2.40. The molecule has 1 amide bonds. The predicted molar refractivity (Wildman–Crippen MR) is 102 cm³/mol. The van der Waals surface area contributed by atoms with E-state index in [0.717, 1.165) is 23.5 Å². The number of nitrogens with one attached hydrogen (secondary N) is 1. The Hall–Kier alpha value is -2.34. The second-order valence-electron chi connectivity index (χ2n) is 7.14. The Balaban J connectivity index is 1.62. The summed E-state index contributed by atoms with van der Waals surface area (Å²) in [6.45, 7) is 7.93. The molecule has 0 spiro atoms. The topological polar surface area (TPSA) is 59.4 Å². The second kappa shape index (κ2) is 7.91. The first kappa shape index (κ1) is 18.5. The molecule has 1 aliphatic carbocycles. The molecular formula is C20H28N4O2. The van der Waals surface area contributed by atoms with E-state index >= 15 is 0 Å². The number of aryl methyl sites for hydroxylation is 1. The molecule has 0 bridgehead atoms. The summed E-state index contributed by atoms with van der Waals surface area (Å²) in [5.74, 6) is 0.581. The predicted octanol–water partition coefficient (Wildman–Crippen LogP) is 2.79. The average molecular weight is 356 g/mol. The summed E-state index contributed by atoms with van der Waals surface area (Å²) in [7, 11) is 1.63. The van der Waals surface area contributed by atoms with Crippen LogP contribution in [-0.4, -0.2) is 52.9 Å². The van der Waals surface area contributed by atoms with Crippen molar-refractivity contribution in [1.82, 2.24) is 20.0 Å². The van der Waals surface area contributed by atoms with Crippen molar-refractivity contribution in [2.75, 3.05) is 20.2 Å². The molecule has 0 unspecified atom stereocenters. The van der Waals surface area contributed by atoms with Crippen molar-refractivity contribution in [3.05, 3.63) is 41.7 Å². The lowest BCUT2D eigenvalue weighted by Gasteiger charge is -2.26. The minimum Gasteiger partial charge on any atom is -0.494 e. The van der Waals surface area contributed by atoms with Crippen LogP contribution in [0.5, 0.6) is 5.75 Å². The number of amides is 1. The molecule has 1 aromatic carbocycles. The van der Waals surface area contributed by atoms with Gasteiger partial charge >= 0.3 is 0 Å². The zero-order valence-electron chi connectivity index (χ0n) is 16.0. The number of hydrogen-bond donors (Lipinski definition) is 1. The molecule has 0 saturated heterocycles. The maximum absolute atomic E-state index is 12.4. The number of aromatic nitrogens is 2. The van der Waals surface area contributed by atoms with Gasteiger partial charge in [0.05, 0.1) is 7.11 Å². The Kier molecular flexibility index (Phi) is 5.61. The van der Waals surface area contributed by atoms with Gasteiger partial charge in [0.25, 0.3) is 5.91 Å². The van der Waals surface area contributed by atoms with Gasteiger partial charge in [-0.1, -0.05) is 6.07 Å². The summed E-state index contributed by atoms with van der Waals surface area (Å²) in [6.07, 6.45) is 4.33. The van der Waals surface area contributed by atoms with Crippen molar-refractivity contribution < 1.29 is 9.53 Å². The summed E-state index contributed by atoms with van der Waals surface area (Å²) in [4.78, 5) is 14.9. The quantitative estimate of drug-likeness (QED) is 0.790. The highest BCUT2D eigenvalue weighted by molar-refractivity contribution is 5.92. The highest BCUT2D eigenvalue weighted by Gasteiger charge is 2.30. The van der Waals surface area contributed by atoms with E-state index in [1.54, 1.807) is 24.1 Å². The molecule has 6 nitrogen and oxygen atoms in total. The average Bonchev–Trinajstić information content (AvgIpc) is 3.33. The number of carbonyl (C=O) groups is 1. The van der Waals surface area contributed by atoms with E-state index in [4.69, 9.17) is 4.74 Å². The fourth-order valence-corrected chi connectivity index (χ4v) is 3.22. The Labute approximate surface area is 155 Å². The number of methoxy groups -OCH3 is 1. The third-order valence-corrected chi connectivity index (χ3v) is 4.74. The fraction of sp³-hybridized carbons (Fsp3) is 0.500. The molecule has 2 aromatic rings. The van der Waals surface area contributed by atoms with Gasteiger partial charge in [0.15, 0.2) is 5.69 Å². The van der Waals surface area contributed by atoms with Gasteiger partial charge in [0.2, 0.25) is 0 Å². The van der Waals surface area contributed by atoms with Crippen molar-refractivity contribution in [3.8, 4) is 11.4 Å². The number of benzene rings is 1. The molecule has 140 valence electrons. The molecule has 26 heavy (non-hydrogen) atoms. The van der Waals surface area contributed by atoms with Crippen LogP contribution in [0, 0.1) is 6.92 Å². The van der Waals surface area contributed by atoms with E-state index in [1.807, 2.05) is 25.1 Å². The lowest BCUT2D eigenvalue weighted by atomic mass is 10.2. The number of ether oxygens (including phenoxy) is 1. The Morgan fingerprint density at radius 2 is 2.15 bits per heavy atom. The largest absolute Gasteiger partial charge is 0.494 e. The third kappa shape index (κ3) is 4.25. The van der Waals surface area contributed by atoms with Crippen LogP contribution in [0.4, 0.5) is 0 Å². The van der Waals surface area contributed by atoms with E-state index in [-0.39, 0.29) is 5.91 Å². The van der Waals surface area contributed by atoms with Crippen LogP contribution in [0.3, 0.4) is 0 Å². The van der Waals surface area contributed by atoms with Crippen LogP contribution in [0.2, 0.25) is 0 Å². The van der Waals surface area contributed by atoms with E-state index < -0.39 is 0 Å². The Bertz CT molecular complexity index is 763. The van der Waals surface area contributed by atoms with Crippen molar-refractivity contribution in [2.45, 2.75) is 45.7 Å². The van der Waals surface area contributed by atoms with Gasteiger partial charge in [0.1, 0.15) is 11.4 Å². The molecule has 1 heterocycles. The van der Waals surface area contributed by atoms with Crippen LogP contribution < -0.4 is 10.1 Å². The first-order chi connectivity index (χ1) is 12.5. The Morgan fingerprint density at radius 1 is 1.38 bits per heavy atom. The summed E-state index contributed by atoms with van der Waals surface area (Å²) in [6, 6.07) is 8.82. The molecule has 0 radical (unpaired) electrons. The third-order valence-electron chi connectivity index (χ3n) is 4.74. The molecule has 1 N–H and O–H groups in total. The number of rotatable bonds is 8.